The number of hydrogen-bond donors (Lipinski definition) is 0. The van der Waals surface area contributed by atoms with Crippen LogP contribution in [-0.2, 0) is 0 Å². The number of aryl methyl sites for hydroxylation is 1. The summed E-state index contributed by atoms with van der Waals surface area (Å²) in [6.45, 7) is 5.79. The van der Waals surface area contributed by atoms with E-state index in [-0.39, 0.29) is 11.4 Å². The van der Waals surface area contributed by atoms with Crippen LogP contribution in [0.5, 0.6) is 11.5 Å². The predicted octanol–water partition coefficient (Wildman–Crippen LogP) is 4.93. The molecule has 6 heteroatoms. The first-order chi connectivity index (χ1) is 14.0. The standard InChI is InChI=1S/C23H24N2O3S/c1-14-4-6-17-19(26)13-23(28-21(17)15(14)2)8-10-25(11-9-23)22-24-18-7-5-16(27-3)12-20(18)29-22/h4-7,12H,8-11,13H2,1-3H3. The fraction of sp³-hybridized carbons (Fsp3) is 0.391. The lowest BCUT2D eigenvalue weighted by Crippen LogP contribution is -2.51. The number of hydrogen-bond acceptors (Lipinski definition) is 6. The normalized spacial score (nSPS) is 18.0. The molecule has 2 aliphatic rings. The van der Waals surface area contributed by atoms with Gasteiger partial charge in [0, 0.05) is 25.9 Å². The molecule has 2 aromatic carbocycles. The average molecular weight is 409 g/mol. The van der Waals surface area contributed by atoms with Crippen molar-refractivity contribution in [2.24, 2.45) is 0 Å². The minimum absolute atomic E-state index is 0.204. The number of ether oxygens (including phenoxy) is 2. The van der Waals surface area contributed by atoms with Gasteiger partial charge >= 0.3 is 0 Å². The number of nitrogens with zero attached hydrogens (tertiary/aromatic N) is 2. The number of Topliss-reactive ketones (excluding diaryl/α,β-unsaturated/α-hetero) is 1. The van der Waals surface area contributed by atoms with Crippen LogP contribution in [0, 0.1) is 13.8 Å². The molecule has 3 aromatic rings. The van der Waals surface area contributed by atoms with Gasteiger partial charge in [-0.15, -0.1) is 0 Å². The number of aromatic nitrogens is 1. The average Bonchev–Trinajstić information content (AvgIpc) is 3.15. The van der Waals surface area contributed by atoms with Gasteiger partial charge in [-0.1, -0.05) is 17.4 Å². The highest BCUT2D eigenvalue weighted by atomic mass is 32.1. The fourth-order valence-corrected chi connectivity index (χ4v) is 5.37. The first-order valence-electron chi connectivity index (χ1n) is 10.00. The van der Waals surface area contributed by atoms with Crippen molar-refractivity contribution in [1.29, 1.82) is 0 Å². The van der Waals surface area contributed by atoms with Crippen molar-refractivity contribution < 1.29 is 14.3 Å². The molecular weight excluding hydrogens is 384 g/mol. The molecular formula is C23H24N2O3S. The Morgan fingerprint density at radius 1 is 1.17 bits per heavy atom. The third-order valence-electron chi connectivity index (χ3n) is 6.31. The Hall–Kier alpha value is -2.60. The largest absolute Gasteiger partial charge is 0.497 e. The predicted molar refractivity (Wildman–Crippen MR) is 116 cm³/mol. The van der Waals surface area contributed by atoms with Gasteiger partial charge in [0.25, 0.3) is 0 Å². The molecule has 0 aliphatic carbocycles. The second kappa shape index (κ2) is 6.73. The molecule has 1 aromatic heterocycles. The minimum Gasteiger partial charge on any atom is -0.497 e. The van der Waals surface area contributed by atoms with Crippen LogP contribution in [-0.4, -0.2) is 36.6 Å². The quantitative estimate of drug-likeness (QED) is 0.602. The van der Waals surface area contributed by atoms with Crippen molar-refractivity contribution in [1.82, 2.24) is 4.98 Å². The molecule has 0 saturated carbocycles. The van der Waals surface area contributed by atoms with Gasteiger partial charge in [0.05, 0.1) is 29.3 Å². The number of carbonyl (C=O) groups is 1. The molecule has 0 bridgehead atoms. The van der Waals surface area contributed by atoms with Crippen LogP contribution in [0.25, 0.3) is 10.2 Å². The smallest absolute Gasteiger partial charge is 0.186 e. The number of carbonyl (C=O) groups excluding carboxylic acids is 1. The summed E-state index contributed by atoms with van der Waals surface area (Å²) in [6, 6.07) is 9.91. The lowest BCUT2D eigenvalue weighted by Gasteiger charge is -2.44. The van der Waals surface area contributed by atoms with E-state index in [1.807, 2.05) is 37.3 Å². The number of benzene rings is 2. The van der Waals surface area contributed by atoms with E-state index in [2.05, 4.69) is 11.8 Å². The Morgan fingerprint density at radius 3 is 2.72 bits per heavy atom. The summed E-state index contributed by atoms with van der Waals surface area (Å²) >= 11 is 1.69. The summed E-state index contributed by atoms with van der Waals surface area (Å²) in [5.74, 6) is 1.85. The van der Waals surface area contributed by atoms with Crippen molar-refractivity contribution in [3.63, 3.8) is 0 Å². The second-order valence-corrected chi connectivity index (χ2v) is 9.10. The van der Waals surface area contributed by atoms with Crippen LogP contribution < -0.4 is 14.4 Å². The third-order valence-corrected chi connectivity index (χ3v) is 7.39. The zero-order valence-electron chi connectivity index (χ0n) is 16.9. The monoisotopic (exact) mass is 408 g/mol. The zero-order chi connectivity index (χ0) is 20.2. The molecule has 0 N–H and O–H groups in total. The molecule has 1 spiro atoms. The van der Waals surface area contributed by atoms with Crippen LogP contribution in [0.3, 0.4) is 0 Å². The Labute approximate surface area is 174 Å². The van der Waals surface area contributed by atoms with Crippen LogP contribution >= 0.6 is 11.3 Å². The summed E-state index contributed by atoms with van der Waals surface area (Å²) < 4.78 is 13.0. The highest BCUT2D eigenvalue weighted by Gasteiger charge is 2.43. The summed E-state index contributed by atoms with van der Waals surface area (Å²) in [7, 11) is 1.68. The fourth-order valence-electron chi connectivity index (χ4n) is 4.32. The first kappa shape index (κ1) is 18.4. The maximum atomic E-state index is 12.8. The zero-order valence-corrected chi connectivity index (χ0v) is 17.8. The number of piperidine rings is 1. The van der Waals surface area contributed by atoms with Gasteiger partial charge in [0.15, 0.2) is 10.9 Å². The number of ketones is 1. The SMILES string of the molecule is COc1ccc2nc(N3CCC4(CC3)CC(=O)c3ccc(C)c(C)c3O4)sc2c1. The number of rotatable bonds is 2. The molecule has 1 saturated heterocycles. The first-order valence-corrected chi connectivity index (χ1v) is 10.8. The van der Waals surface area contributed by atoms with Crippen molar-refractivity contribution in [2.45, 2.75) is 38.7 Å². The van der Waals surface area contributed by atoms with Crippen LogP contribution in [0.4, 0.5) is 5.13 Å². The lowest BCUT2D eigenvalue weighted by atomic mass is 9.81. The van der Waals surface area contributed by atoms with Gasteiger partial charge < -0.3 is 14.4 Å². The topological polar surface area (TPSA) is 51.7 Å². The Morgan fingerprint density at radius 2 is 1.97 bits per heavy atom. The van der Waals surface area contributed by atoms with Crippen molar-refractivity contribution >= 4 is 32.5 Å². The molecule has 3 heterocycles. The summed E-state index contributed by atoms with van der Waals surface area (Å²) in [5, 5.41) is 1.03. The third kappa shape index (κ3) is 3.06. The highest BCUT2D eigenvalue weighted by Crippen LogP contribution is 2.43. The maximum absolute atomic E-state index is 12.8. The van der Waals surface area contributed by atoms with Gasteiger partial charge in [-0.25, -0.2) is 4.98 Å². The number of thiazole rings is 1. The van der Waals surface area contributed by atoms with Gasteiger partial charge in [-0.3, -0.25) is 4.79 Å². The molecule has 0 atom stereocenters. The van der Waals surface area contributed by atoms with Crippen LogP contribution in [0.1, 0.15) is 40.7 Å². The number of anilines is 1. The number of methoxy groups -OCH3 is 1. The Bertz CT molecular complexity index is 1110. The van der Waals surface area contributed by atoms with Crippen molar-refractivity contribution in [3.05, 3.63) is 47.0 Å². The minimum atomic E-state index is -0.390. The maximum Gasteiger partial charge on any atom is 0.186 e. The molecule has 1 fully saturated rings. The molecule has 0 radical (unpaired) electrons. The van der Waals surface area contributed by atoms with Crippen molar-refractivity contribution in [2.75, 3.05) is 25.1 Å². The lowest BCUT2D eigenvalue weighted by molar-refractivity contribution is 0.0226. The van der Waals surface area contributed by atoms with E-state index < -0.39 is 0 Å². The van der Waals surface area contributed by atoms with Crippen molar-refractivity contribution in [3.8, 4) is 11.5 Å². The van der Waals surface area contributed by atoms with Crippen LogP contribution in [0.15, 0.2) is 30.3 Å². The van der Waals surface area contributed by atoms with Gasteiger partial charge in [-0.05, 0) is 49.2 Å². The van der Waals surface area contributed by atoms with Gasteiger partial charge in [0.1, 0.15) is 17.1 Å². The van der Waals surface area contributed by atoms with Crippen LogP contribution in [0.2, 0.25) is 0 Å². The van der Waals surface area contributed by atoms with E-state index in [0.29, 0.717) is 6.42 Å². The van der Waals surface area contributed by atoms with E-state index in [1.165, 1.54) is 0 Å². The molecule has 0 amide bonds. The summed E-state index contributed by atoms with van der Waals surface area (Å²) in [4.78, 5) is 20.0. The molecule has 2 aliphatic heterocycles. The van der Waals surface area contributed by atoms with E-state index in [1.54, 1.807) is 18.4 Å². The molecule has 150 valence electrons. The molecule has 5 rings (SSSR count). The van der Waals surface area contributed by atoms with Gasteiger partial charge in [-0.2, -0.15) is 0 Å². The highest BCUT2D eigenvalue weighted by molar-refractivity contribution is 7.22. The molecule has 0 unspecified atom stereocenters. The van der Waals surface area contributed by atoms with E-state index >= 15 is 0 Å². The number of fused-ring (bicyclic) bond motifs is 2. The van der Waals surface area contributed by atoms with E-state index in [4.69, 9.17) is 14.5 Å². The molecule has 5 nitrogen and oxygen atoms in total. The Kier molecular flexibility index (Phi) is 4.28. The van der Waals surface area contributed by atoms with E-state index in [0.717, 1.165) is 69.5 Å². The van der Waals surface area contributed by atoms with E-state index in [9.17, 15) is 4.79 Å². The summed E-state index contributed by atoms with van der Waals surface area (Å²) in [5.41, 5.74) is 3.59. The second-order valence-electron chi connectivity index (χ2n) is 8.09. The van der Waals surface area contributed by atoms with Gasteiger partial charge in [0.2, 0.25) is 0 Å². The summed E-state index contributed by atoms with van der Waals surface area (Å²) in [6.07, 6.45) is 2.11. The Balaban J connectivity index is 1.37. The molecule has 29 heavy (non-hydrogen) atoms.